The maximum absolute atomic E-state index is 13.3. The Morgan fingerprint density at radius 3 is 2.93 bits per heavy atom. The fourth-order valence-electron chi connectivity index (χ4n) is 1.40. The molecular formula is C10H8FNO2. The second kappa shape index (κ2) is 3.14. The van der Waals surface area contributed by atoms with E-state index >= 15 is 0 Å². The Labute approximate surface area is 79.5 Å². The third-order valence-corrected chi connectivity index (χ3v) is 2.11. The SMILES string of the molecule is COc1cc2[nH]cc(C=O)c2cc1F. The Bertz CT molecular complexity index is 490. The third-order valence-electron chi connectivity index (χ3n) is 2.11. The molecule has 4 heteroatoms. The molecule has 0 bridgehead atoms. The minimum absolute atomic E-state index is 0.164. The summed E-state index contributed by atoms with van der Waals surface area (Å²) in [5.41, 5.74) is 1.13. The quantitative estimate of drug-likeness (QED) is 0.742. The molecule has 0 amide bonds. The smallest absolute Gasteiger partial charge is 0.165 e. The zero-order valence-electron chi connectivity index (χ0n) is 7.50. The van der Waals surface area contributed by atoms with Gasteiger partial charge in [0.1, 0.15) is 0 Å². The van der Waals surface area contributed by atoms with Crippen LogP contribution in [0.15, 0.2) is 18.3 Å². The summed E-state index contributed by atoms with van der Waals surface area (Å²) in [5.74, 6) is -0.306. The number of nitrogens with one attached hydrogen (secondary N) is 1. The van der Waals surface area contributed by atoms with Crippen molar-refractivity contribution in [3.63, 3.8) is 0 Å². The number of aldehydes is 1. The van der Waals surface area contributed by atoms with Gasteiger partial charge in [-0.05, 0) is 6.07 Å². The van der Waals surface area contributed by atoms with Gasteiger partial charge in [0.15, 0.2) is 17.9 Å². The summed E-state index contributed by atoms with van der Waals surface area (Å²) in [6, 6.07) is 2.81. The summed E-state index contributed by atoms with van der Waals surface area (Å²) in [7, 11) is 1.40. The predicted molar refractivity (Wildman–Crippen MR) is 50.2 cm³/mol. The lowest BCUT2D eigenvalue weighted by atomic mass is 10.2. The average Bonchev–Trinajstić information content (AvgIpc) is 2.58. The van der Waals surface area contributed by atoms with E-state index in [1.807, 2.05) is 0 Å². The Kier molecular flexibility index (Phi) is 1.96. The fraction of sp³-hybridized carbons (Fsp3) is 0.100. The minimum atomic E-state index is -0.470. The molecule has 2 rings (SSSR count). The number of methoxy groups -OCH3 is 1. The van der Waals surface area contributed by atoms with Crippen molar-refractivity contribution in [1.29, 1.82) is 0 Å². The van der Waals surface area contributed by atoms with Crippen LogP contribution in [0.4, 0.5) is 4.39 Å². The fourth-order valence-corrected chi connectivity index (χ4v) is 1.40. The van der Waals surface area contributed by atoms with E-state index in [4.69, 9.17) is 4.74 Å². The number of carbonyl (C=O) groups excluding carboxylic acids is 1. The highest BCUT2D eigenvalue weighted by Crippen LogP contribution is 2.25. The molecule has 1 aromatic carbocycles. The molecule has 72 valence electrons. The van der Waals surface area contributed by atoms with Crippen molar-refractivity contribution < 1.29 is 13.9 Å². The van der Waals surface area contributed by atoms with E-state index in [0.717, 1.165) is 0 Å². The molecule has 14 heavy (non-hydrogen) atoms. The van der Waals surface area contributed by atoms with Crippen molar-refractivity contribution in [3.8, 4) is 5.75 Å². The summed E-state index contributed by atoms with van der Waals surface area (Å²) in [6.07, 6.45) is 2.22. The number of aromatic amines is 1. The predicted octanol–water partition coefficient (Wildman–Crippen LogP) is 2.13. The number of rotatable bonds is 2. The summed E-state index contributed by atoms with van der Waals surface area (Å²) in [4.78, 5) is 13.4. The van der Waals surface area contributed by atoms with Gasteiger partial charge >= 0.3 is 0 Å². The van der Waals surface area contributed by atoms with Gasteiger partial charge in [-0.15, -0.1) is 0 Å². The van der Waals surface area contributed by atoms with Crippen LogP contribution in [0.2, 0.25) is 0 Å². The molecule has 1 N–H and O–H groups in total. The maximum Gasteiger partial charge on any atom is 0.165 e. The van der Waals surface area contributed by atoms with Crippen LogP contribution in [0.25, 0.3) is 10.9 Å². The van der Waals surface area contributed by atoms with Crippen molar-refractivity contribution in [1.82, 2.24) is 4.98 Å². The molecule has 0 saturated heterocycles. The van der Waals surface area contributed by atoms with E-state index in [1.165, 1.54) is 25.4 Å². The number of hydrogen-bond acceptors (Lipinski definition) is 2. The van der Waals surface area contributed by atoms with E-state index in [1.54, 1.807) is 0 Å². The second-order valence-corrected chi connectivity index (χ2v) is 2.89. The van der Waals surface area contributed by atoms with Gasteiger partial charge in [0, 0.05) is 23.2 Å². The van der Waals surface area contributed by atoms with Crippen molar-refractivity contribution in [2.75, 3.05) is 7.11 Å². The maximum atomic E-state index is 13.3. The highest BCUT2D eigenvalue weighted by atomic mass is 19.1. The highest BCUT2D eigenvalue weighted by molar-refractivity contribution is 5.97. The van der Waals surface area contributed by atoms with E-state index in [9.17, 15) is 9.18 Å². The van der Waals surface area contributed by atoms with Crippen LogP contribution in [0.5, 0.6) is 5.75 Å². The van der Waals surface area contributed by atoms with E-state index < -0.39 is 5.82 Å². The molecule has 2 aromatic rings. The Balaban J connectivity index is 2.75. The molecule has 0 radical (unpaired) electrons. The molecule has 0 aliphatic rings. The molecule has 3 nitrogen and oxygen atoms in total. The summed E-state index contributed by atoms with van der Waals surface area (Å²) in [5, 5.41) is 0.568. The van der Waals surface area contributed by atoms with Crippen LogP contribution in [0.3, 0.4) is 0 Å². The van der Waals surface area contributed by atoms with Crippen LogP contribution in [-0.4, -0.2) is 18.4 Å². The van der Waals surface area contributed by atoms with Gasteiger partial charge < -0.3 is 9.72 Å². The van der Waals surface area contributed by atoms with Crippen LogP contribution in [0, 0.1) is 5.82 Å². The zero-order chi connectivity index (χ0) is 10.1. The third kappa shape index (κ3) is 1.16. The molecule has 0 unspecified atom stereocenters. The van der Waals surface area contributed by atoms with Gasteiger partial charge in [-0.1, -0.05) is 0 Å². The first-order valence-electron chi connectivity index (χ1n) is 4.06. The van der Waals surface area contributed by atoms with Crippen LogP contribution in [0.1, 0.15) is 10.4 Å². The summed E-state index contributed by atoms with van der Waals surface area (Å²) < 4.78 is 18.1. The largest absolute Gasteiger partial charge is 0.494 e. The Morgan fingerprint density at radius 2 is 2.29 bits per heavy atom. The first-order valence-corrected chi connectivity index (χ1v) is 4.06. The van der Waals surface area contributed by atoms with Crippen LogP contribution in [-0.2, 0) is 0 Å². The zero-order valence-corrected chi connectivity index (χ0v) is 7.50. The second-order valence-electron chi connectivity index (χ2n) is 2.89. The first kappa shape index (κ1) is 8.74. The molecule has 0 aliphatic carbocycles. The van der Waals surface area contributed by atoms with Gasteiger partial charge in [-0.25, -0.2) is 4.39 Å². The van der Waals surface area contributed by atoms with Gasteiger partial charge in [-0.2, -0.15) is 0 Å². The topological polar surface area (TPSA) is 42.1 Å². The van der Waals surface area contributed by atoms with E-state index in [2.05, 4.69) is 4.98 Å². The number of ether oxygens (including phenoxy) is 1. The van der Waals surface area contributed by atoms with Crippen molar-refractivity contribution in [2.45, 2.75) is 0 Å². The number of hydrogen-bond donors (Lipinski definition) is 1. The van der Waals surface area contributed by atoms with Gasteiger partial charge in [0.05, 0.1) is 12.6 Å². The number of aromatic nitrogens is 1. The van der Waals surface area contributed by atoms with E-state index in [-0.39, 0.29) is 5.75 Å². The molecule has 0 fully saturated rings. The monoisotopic (exact) mass is 193 g/mol. The molecule has 0 saturated carbocycles. The highest BCUT2D eigenvalue weighted by Gasteiger charge is 2.08. The number of benzene rings is 1. The number of H-pyrrole nitrogens is 1. The molecule has 0 aliphatic heterocycles. The molecule has 1 aromatic heterocycles. The van der Waals surface area contributed by atoms with Crippen molar-refractivity contribution in [2.24, 2.45) is 0 Å². The summed E-state index contributed by atoms with van der Waals surface area (Å²) in [6.45, 7) is 0. The van der Waals surface area contributed by atoms with Gasteiger partial charge in [0.2, 0.25) is 0 Å². The van der Waals surface area contributed by atoms with E-state index in [0.29, 0.717) is 22.8 Å². The van der Waals surface area contributed by atoms with Crippen molar-refractivity contribution in [3.05, 3.63) is 29.7 Å². The Hall–Kier alpha value is -1.84. The standard InChI is InChI=1S/C10H8FNO2/c1-14-10-3-9-7(2-8(10)11)6(5-13)4-12-9/h2-5,12H,1H3. The molecular weight excluding hydrogens is 185 g/mol. The number of carbonyl (C=O) groups is 1. The van der Waals surface area contributed by atoms with Crippen molar-refractivity contribution >= 4 is 17.2 Å². The Morgan fingerprint density at radius 1 is 1.50 bits per heavy atom. The van der Waals surface area contributed by atoms with Gasteiger partial charge in [0.25, 0.3) is 0 Å². The number of fused-ring (bicyclic) bond motifs is 1. The first-order chi connectivity index (χ1) is 6.76. The molecule has 0 spiro atoms. The lowest BCUT2D eigenvalue weighted by molar-refractivity contribution is 0.112. The van der Waals surface area contributed by atoms with Crippen LogP contribution < -0.4 is 4.74 Å². The lowest BCUT2D eigenvalue weighted by Crippen LogP contribution is -1.87. The lowest BCUT2D eigenvalue weighted by Gasteiger charge is -2.01. The molecule has 0 atom stereocenters. The minimum Gasteiger partial charge on any atom is -0.494 e. The number of halogens is 1. The van der Waals surface area contributed by atoms with Gasteiger partial charge in [-0.3, -0.25) is 4.79 Å². The average molecular weight is 193 g/mol. The normalized spacial score (nSPS) is 10.4. The van der Waals surface area contributed by atoms with Crippen LogP contribution >= 0.6 is 0 Å². The summed E-state index contributed by atoms with van der Waals surface area (Å²) >= 11 is 0. The molecule has 1 heterocycles.